The lowest BCUT2D eigenvalue weighted by Gasteiger charge is -2.13. The largest absolute Gasteiger partial charge is 0.495 e. The first-order valence-corrected chi connectivity index (χ1v) is 11.8. The fraction of sp³-hybridized carbons (Fsp3) is 0.0800. The number of methoxy groups -OCH3 is 1. The summed E-state index contributed by atoms with van der Waals surface area (Å²) in [5.41, 5.74) is 2.73. The molecule has 0 bridgehead atoms. The Hall–Kier alpha value is -3.75. The minimum atomic E-state index is -0.279. The number of amides is 1. The van der Waals surface area contributed by atoms with Gasteiger partial charge in [-0.2, -0.15) is 0 Å². The van der Waals surface area contributed by atoms with Gasteiger partial charge in [0.1, 0.15) is 16.8 Å². The molecule has 0 spiro atoms. The molecule has 0 aliphatic rings. The van der Waals surface area contributed by atoms with E-state index in [-0.39, 0.29) is 17.2 Å². The smallest absolute Gasteiger partial charge is 0.283 e. The van der Waals surface area contributed by atoms with E-state index in [1.54, 1.807) is 18.2 Å². The lowest BCUT2D eigenvalue weighted by atomic mass is 10.2. The summed E-state index contributed by atoms with van der Waals surface area (Å²) >= 11 is 7.25. The molecule has 2 N–H and O–H groups in total. The van der Waals surface area contributed by atoms with Crippen molar-refractivity contribution in [3.63, 3.8) is 0 Å². The van der Waals surface area contributed by atoms with Crippen molar-refractivity contribution >= 4 is 56.9 Å². The van der Waals surface area contributed by atoms with Gasteiger partial charge in [0.05, 0.1) is 24.2 Å². The van der Waals surface area contributed by atoms with Crippen LogP contribution in [0.25, 0.3) is 27.6 Å². The Morgan fingerprint density at radius 2 is 1.88 bits per heavy atom. The summed E-state index contributed by atoms with van der Waals surface area (Å²) in [7, 11) is 1.52. The molecule has 34 heavy (non-hydrogen) atoms. The maximum atomic E-state index is 13.5. The summed E-state index contributed by atoms with van der Waals surface area (Å²) in [6.07, 6.45) is 0. The fourth-order valence-electron chi connectivity index (χ4n) is 3.74. The van der Waals surface area contributed by atoms with Gasteiger partial charge >= 0.3 is 0 Å². The van der Waals surface area contributed by atoms with Crippen molar-refractivity contribution < 1.29 is 9.53 Å². The Morgan fingerprint density at radius 3 is 2.68 bits per heavy atom. The van der Waals surface area contributed by atoms with Gasteiger partial charge in [0.15, 0.2) is 5.16 Å². The molecule has 2 aromatic heterocycles. The second kappa shape index (κ2) is 9.24. The SMILES string of the molecule is COc1ccc(Cl)cc1NC(=O)CSc1nc2c([nH]c3ccccc32)c(=O)n1-c1ccccc1. The van der Waals surface area contributed by atoms with Gasteiger partial charge in [0, 0.05) is 15.9 Å². The van der Waals surface area contributed by atoms with E-state index in [4.69, 9.17) is 21.3 Å². The Morgan fingerprint density at radius 1 is 1.12 bits per heavy atom. The van der Waals surface area contributed by atoms with E-state index in [1.807, 2.05) is 54.6 Å². The van der Waals surface area contributed by atoms with Crippen LogP contribution in [-0.4, -0.2) is 33.3 Å². The van der Waals surface area contributed by atoms with Crippen LogP contribution in [0.5, 0.6) is 5.75 Å². The van der Waals surface area contributed by atoms with Gasteiger partial charge in [-0.15, -0.1) is 0 Å². The normalized spacial score (nSPS) is 11.1. The highest BCUT2D eigenvalue weighted by Gasteiger charge is 2.18. The summed E-state index contributed by atoms with van der Waals surface area (Å²) in [6.45, 7) is 0. The Balaban J connectivity index is 1.53. The van der Waals surface area contributed by atoms with Crippen molar-refractivity contribution in [1.29, 1.82) is 0 Å². The number of hydrogen-bond donors (Lipinski definition) is 2. The average Bonchev–Trinajstić information content (AvgIpc) is 3.23. The van der Waals surface area contributed by atoms with Crippen molar-refractivity contribution in [3.05, 3.63) is 88.2 Å². The van der Waals surface area contributed by atoms with Crippen molar-refractivity contribution in [2.75, 3.05) is 18.2 Å². The number of benzene rings is 3. The second-order valence-electron chi connectivity index (χ2n) is 7.45. The van der Waals surface area contributed by atoms with Crippen LogP contribution in [0.2, 0.25) is 5.02 Å². The summed E-state index contributed by atoms with van der Waals surface area (Å²) in [6, 6.07) is 21.9. The van der Waals surface area contributed by atoms with E-state index < -0.39 is 0 Å². The summed E-state index contributed by atoms with van der Waals surface area (Å²) in [5.74, 6) is 0.253. The molecular formula is C25H19ClN4O3S. The van der Waals surface area contributed by atoms with E-state index in [2.05, 4.69) is 10.3 Å². The Bertz CT molecular complexity index is 1580. The van der Waals surface area contributed by atoms with E-state index >= 15 is 0 Å². The van der Waals surface area contributed by atoms with Crippen LogP contribution in [0.3, 0.4) is 0 Å². The van der Waals surface area contributed by atoms with Gasteiger partial charge in [0.25, 0.3) is 5.56 Å². The number of carbonyl (C=O) groups excluding carboxylic acids is 1. The minimum Gasteiger partial charge on any atom is -0.495 e. The third kappa shape index (κ3) is 4.13. The molecule has 5 rings (SSSR count). The summed E-state index contributed by atoms with van der Waals surface area (Å²) in [4.78, 5) is 34.3. The van der Waals surface area contributed by atoms with Crippen molar-refractivity contribution in [1.82, 2.24) is 14.5 Å². The van der Waals surface area contributed by atoms with Gasteiger partial charge in [0.2, 0.25) is 5.91 Å². The lowest BCUT2D eigenvalue weighted by molar-refractivity contribution is -0.113. The number of aromatic nitrogens is 3. The molecule has 0 aliphatic heterocycles. The van der Waals surface area contributed by atoms with Gasteiger partial charge in [-0.1, -0.05) is 59.8 Å². The highest BCUT2D eigenvalue weighted by atomic mass is 35.5. The zero-order valence-electron chi connectivity index (χ0n) is 18.0. The molecule has 0 fully saturated rings. The van der Waals surface area contributed by atoms with Gasteiger partial charge in [-0.05, 0) is 36.4 Å². The Kier molecular flexibility index (Phi) is 6.00. The lowest BCUT2D eigenvalue weighted by Crippen LogP contribution is -2.23. The second-order valence-corrected chi connectivity index (χ2v) is 8.83. The van der Waals surface area contributed by atoms with Gasteiger partial charge < -0.3 is 15.0 Å². The molecule has 0 radical (unpaired) electrons. The Labute approximate surface area is 203 Å². The zero-order chi connectivity index (χ0) is 23.7. The number of halogens is 1. The molecule has 0 aliphatic carbocycles. The van der Waals surface area contributed by atoms with Crippen LogP contribution in [0.4, 0.5) is 5.69 Å². The summed E-state index contributed by atoms with van der Waals surface area (Å²) in [5, 5.41) is 4.57. The van der Waals surface area contributed by atoms with Gasteiger partial charge in [-0.25, -0.2) is 4.98 Å². The standard InChI is InChI=1S/C25H19ClN4O3S/c1-33-20-12-11-15(26)13-19(20)27-21(31)14-34-25-29-22-17-9-5-6-10-18(17)28-23(22)24(32)30(25)16-7-3-2-4-8-16/h2-13,28H,14H2,1H3,(H,27,31). The zero-order valence-corrected chi connectivity index (χ0v) is 19.6. The van der Waals surface area contributed by atoms with E-state index in [9.17, 15) is 9.59 Å². The number of thioether (sulfide) groups is 1. The predicted molar refractivity (Wildman–Crippen MR) is 137 cm³/mol. The number of ether oxygens (including phenoxy) is 1. The van der Waals surface area contributed by atoms with E-state index in [0.717, 1.165) is 10.9 Å². The first kappa shape index (κ1) is 22.1. The van der Waals surface area contributed by atoms with Crippen LogP contribution in [0.1, 0.15) is 0 Å². The first-order valence-electron chi connectivity index (χ1n) is 10.4. The van der Waals surface area contributed by atoms with Crippen LogP contribution < -0.4 is 15.6 Å². The number of nitrogens with zero attached hydrogens (tertiary/aromatic N) is 2. The predicted octanol–water partition coefficient (Wildman–Crippen LogP) is 5.26. The van der Waals surface area contributed by atoms with E-state index in [1.165, 1.54) is 23.4 Å². The number of hydrogen-bond acceptors (Lipinski definition) is 5. The third-order valence-electron chi connectivity index (χ3n) is 5.28. The quantitative estimate of drug-likeness (QED) is 0.250. The molecule has 3 aromatic carbocycles. The minimum absolute atomic E-state index is 0.0306. The maximum absolute atomic E-state index is 13.5. The molecule has 7 nitrogen and oxygen atoms in total. The van der Waals surface area contributed by atoms with E-state index in [0.29, 0.717) is 38.3 Å². The number of fused-ring (bicyclic) bond motifs is 3. The monoisotopic (exact) mass is 490 g/mol. The van der Waals surface area contributed by atoms with Crippen molar-refractivity contribution in [3.8, 4) is 11.4 Å². The topological polar surface area (TPSA) is 89.0 Å². The molecule has 0 saturated heterocycles. The van der Waals surface area contributed by atoms with Crippen molar-refractivity contribution in [2.45, 2.75) is 5.16 Å². The molecule has 170 valence electrons. The molecule has 2 heterocycles. The number of carbonyl (C=O) groups is 1. The first-order chi connectivity index (χ1) is 16.5. The summed E-state index contributed by atoms with van der Waals surface area (Å²) < 4.78 is 6.82. The molecule has 9 heteroatoms. The van der Waals surface area contributed by atoms with Crippen LogP contribution in [0.15, 0.2) is 82.7 Å². The number of H-pyrrole nitrogens is 1. The van der Waals surface area contributed by atoms with Crippen molar-refractivity contribution in [2.24, 2.45) is 0 Å². The fourth-order valence-corrected chi connectivity index (χ4v) is 4.72. The molecular weight excluding hydrogens is 472 g/mol. The van der Waals surface area contributed by atoms with Gasteiger partial charge in [-0.3, -0.25) is 14.2 Å². The molecule has 0 saturated carbocycles. The molecule has 0 unspecified atom stereocenters. The average molecular weight is 491 g/mol. The number of nitrogens with one attached hydrogen (secondary N) is 2. The van der Waals surface area contributed by atoms with Crippen LogP contribution >= 0.6 is 23.4 Å². The molecule has 5 aromatic rings. The number of para-hydroxylation sites is 2. The van der Waals surface area contributed by atoms with Crippen LogP contribution in [0, 0.1) is 0 Å². The molecule has 0 atom stereocenters. The van der Waals surface area contributed by atoms with Crippen LogP contribution in [-0.2, 0) is 4.79 Å². The highest BCUT2D eigenvalue weighted by Crippen LogP contribution is 2.29. The third-order valence-corrected chi connectivity index (χ3v) is 6.45. The highest BCUT2D eigenvalue weighted by molar-refractivity contribution is 7.99. The molecule has 1 amide bonds. The number of aromatic amines is 1. The number of rotatable bonds is 6. The maximum Gasteiger partial charge on any atom is 0.283 e. The number of anilines is 1.